The van der Waals surface area contributed by atoms with Crippen LogP contribution in [0.15, 0.2) is 18.2 Å². The minimum Gasteiger partial charge on any atom is -0.495 e. The van der Waals surface area contributed by atoms with E-state index in [0.29, 0.717) is 30.2 Å². The molecule has 1 amide bonds. The Kier molecular flexibility index (Phi) is 4.34. The molecular formula is C13H15N3O3. The Morgan fingerprint density at radius 3 is 3.11 bits per heavy atom. The fraction of sp³-hybridized carbons (Fsp3) is 0.385. The largest absolute Gasteiger partial charge is 0.495 e. The smallest absolute Gasteiger partial charge is 0.254 e. The molecule has 0 spiro atoms. The van der Waals surface area contributed by atoms with Crippen LogP contribution >= 0.6 is 0 Å². The third kappa shape index (κ3) is 3.22. The highest BCUT2D eigenvalue weighted by Crippen LogP contribution is 2.25. The standard InChI is InChI=1S/C13H15N3O3/c1-18-11-6-9(7-14)2-3-10(11)16-13(17)12-8-15-4-5-19-12/h2-3,6,12,15H,4-5,8H2,1H3,(H,16,17). The molecule has 1 fully saturated rings. The van der Waals surface area contributed by atoms with Gasteiger partial charge in [0.05, 0.1) is 31.0 Å². The summed E-state index contributed by atoms with van der Waals surface area (Å²) < 4.78 is 10.5. The molecule has 2 N–H and O–H groups in total. The Morgan fingerprint density at radius 1 is 1.63 bits per heavy atom. The molecule has 0 radical (unpaired) electrons. The van der Waals surface area contributed by atoms with Gasteiger partial charge in [-0.25, -0.2) is 0 Å². The first kappa shape index (κ1) is 13.3. The summed E-state index contributed by atoms with van der Waals surface area (Å²) in [4.78, 5) is 12.0. The van der Waals surface area contributed by atoms with E-state index < -0.39 is 6.10 Å². The number of morpholine rings is 1. The van der Waals surface area contributed by atoms with Crippen molar-refractivity contribution in [2.45, 2.75) is 6.10 Å². The molecule has 1 unspecified atom stereocenters. The van der Waals surface area contributed by atoms with Gasteiger partial charge in [-0.3, -0.25) is 4.79 Å². The van der Waals surface area contributed by atoms with Crippen LogP contribution in [0.25, 0.3) is 0 Å². The monoisotopic (exact) mass is 261 g/mol. The summed E-state index contributed by atoms with van der Waals surface area (Å²) in [5, 5.41) is 14.6. The summed E-state index contributed by atoms with van der Waals surface area (Å²) in [7, 11) is 1.49. The maximum absolute atomic E-state index is 12.0. The van der Waals surface area contributed by atoms with E-state index in [1.54, 1.807) is 18.2 Å². The first-order valence-corrected chi connectivity index (χ1v) is 5.96. The molecule has 19 heavy (non-hydrogen) atoms. The second-order valence-electron chi connectivity index (χ2n) is 4.08. The minimum absolute atomic E-state index is 0.227. The summed E-state index contributed by atoms with van der Waals surface area (Å²) in [6, 6.07) is 6.86. The van der Waals surface area contributed by atoms with Gasteiger partial charge in [-0.2, -0.15) is 5.26 Å². The predicted molar refractivity (Wildman–Crippen MR) is 68.9 cm³/mol. The molecule has 6 nitrogen and oxygen atoms in total. The van der Waals surface area contributed by atoms with Crippen LogP contribution in [-0.4, -0.2) is 38.8 Å². The maximum atomic E-state index is 12.0. The van der Waals surface area contributed by atoms with Crippen molar-refractivity contribution in [2.75, 3.05) is 32.1 Å². The number of carbonyl (C=O) groups excluding carboxylic acids is 1. The van der Waals surface area contributed by atoms with E-state index in [2.05, 4.69) is 10.6 Å². The van der Waals surface area contributed by atoms with Gasteiger partial charge in [-0.1, -0.05) is 0 Å². The molecule has 1 heterocycles. The first-order chi connectivity index (χ1) is 9.24. The van der Waals surface area contributed by atoms with E-state index in [-0.39, 0.29) is 5.91 Å². The van der Waals surface area contributed by atoms with Gasteiger partial charge in [-0.05, 0) is 12.1 Å². The minimum atomic E-state index is -0.505. The second-order valence-corrected chi connectivity index (χ2v) is 4.08. The molecule has 0 bridgehead atoms. The number of nitrogens with zero attached hydrogens (tertiary/aromatic N) is 1. The molecular weight excluding hydrogens is 246 g/mol. The van der Waals surface area contributed by atoms with Crippen molar-refractivity contribution in [3.8, 4) is 11.8 Å². The zero-order valence-electron chi connectivity index (χ0n) is 10.6. The van der Waals surface area contributed by atoms with Gasteiger partial charge in [0.2, 0.25) is 0 Å². The summed E-state index contributed by atoms with van der Waals surface area (Å²) in [6.45, 7) is 1.76. The van der Waals surface area contributed by atoms with Gasteiger partial charge >= 0.3 is 0 Å². The van der Waals surface area contributed by atoms with Crippen LogP contribution in [-0.2, 0) is 9.53 Å². The van der Waals surface area contributed by atoms with Crippen LogP contribution in [0.3, 0.4) is 0 Å². The number of nitriles is 1. The highest BCUT2D eigenvalue weighted by molar-refractivity contribution is 5.95. The third-order valence-electron chi connectivity index (χ3n) is 2.81. The van der Waals surface area contributed by atoms with E-state index in [1.807, 2.05) is 6.07 Å². The summed E-state index contributed by atoms with van der Waals surface area (Å²) in [5.41, 5.74) is 1.01. The number of anilines is 1. The first-order valence-electron chi connectivity index (χ1n) is 5.96. The Hall–Kier alpha value is -2.10. The average Bonchev–Trinajstić information content (AvgIpc) is 2.48. The quantitative estimate of drug-likeness (QED) is 0.827. The lowest BCUT2D eigenvalue weighted by molar-refractivity contribution is -0.128. The topological polar surface area (TPSA) is 83.4 Å². The van der Waals surface area contributed by atoms with Crippen molar-refractivity contribution in [3.63, 3.8) is 0 Å². The molecule has 0 aromatic heterocycles. The highest BCUT2D eigenvalue weighted by atomic mass is 16.5. The zero-order valence-corrected chi connectivity index (χ0v) is 10.6. The lowest BCUT2D eigenvalue weighted by Gasteiger charge is -2.23. The molecule has 1 aliphatic rings. The average molecular weight is 261 g/mol. The van der Waals surface area contributed by atoms with Crippen molar-refractivity contribution < 1.29 is 14.3 Å². The number of carbonyl (C=O) groups is 1. The van der Waals surface area contributed by atoms with E-state index >= 15 is 0 Å². The van der Waals surface area contributed by atoms with Crippen molar-refractivity contribution in [1.29, 1.82) is 5.26 Å². The summed E-state index contributed by atoms with van der Waals surface area (Å²) in [6.07, 6.45) is -0.505. The number of hydrogen-bond donors (Lipinski definition) is 2. The SMILES string of the molecule is COc1cc(C#N)ccc1NC(=O)C1CNCCO1. The molecule has 1 saturated heterocycles. The normalized spacial score (nSPS) is 18.4. The Labute approximate surface area is 111 Å². The van der Waals surface area contributed by atoms with E-state index in [9.17, 15) is 4.79 Å². The van der Waals surface area contributed by atoms with Crippen LogP contribution in [0.2, 0.25) is 0 Å². The van der Waals surface area contributed by atoms with Crippen LogP contribution in [0.5, 0.6) is 5.75 Å². The van der Waals surface area contributed by atoms with Gasteiger partial charge in [0.25, 0.3) is 5.91 Å². The Bertz CT molecular complexity index is 504. The number of hydrogen-bond acceptors (Lipinski definition) is 5. The maximum Gasteiger partial charge on any atom is 0.254 e. The fourth-order valence-corrected chi connectivity index (χ4v) is 1.81. The van der Waals surface area contributed by atoms with Gasteiger partial charge in [0, 0.05) is 19.2 Å². The van der Waals surface area contributed by atoms with Crippen molar-refractivity contribution in [2.24, 2.45) is 0 Å². The number of nitrogens with one attached hydrogen (secondary N) is 2. The number of methoxy groups -OCH3 is 1. The highest BCUT2D eigenvalue weighted by Gasteiger charge is 2.22. The van der Waals surface area contributed by atoms with Crippen LogP contribution in [0, 0.1) is 11.3 Å². The fourth-order valence-electron chi connectivity index (χ4n) is 1.81. The number of rotatable bonds is 3. The van der Waals surface area contributed by atoms with Gasteiger partial charge in [0.15, 0.2) is 0 Å². The molecule has 2 rings (SSSR count). The third-order valence-corrected chi connectivity index (χ3v) is 2.81. The van der Waals surface area contributed by atoms with Crippen molar-refractivity contribution in [1.82, 2.24) is 5.32 Å². The van der Waals surface area contributed by atoms with E-state index in [0.717, 1.165) is 6.54 Å². The van der Waals surface area contributed by atoms with Crippen LogP contribution in [0.4, 0.5) is 5.69 Å². The second kappa shape index (κ2) is 6.18. The zero-order chi connectivity index (χ0) is 13.7. The molecule has 0 saturated carbocycles. The Morgan fingerprint density at radius 2 is 2.47 bits per heavy atom. The van der Waals surface area contributed by atoms with Crippen LogP contribution < -0.4 is 15.4 Å². The van der Waals surface area contributed by atoms with Crippen molar-refractivity contribution >= 4 is 11.6 Å². The van der Waals surface area contributed by atoms with Gasteiger partial charge in [0.1, 0.15) is 11.9 Å². The lowest BCUT2D eigenvalue weighted by atomic mass is 10.2. The molecule has 1 aromatic rings. The Balaban J connectivity index is 2.09. The number of amides is 1. The molecule has 1 atom stereocenters. The lowest BCUT2D eigenvalue weighted by Crippen LogP contribution is -2.45. The van der Waals surface area contributed by atoms with Crippen LogP contribution in [0.1, 0.15) is 5.56 Å². The molecule has 1 aliphatic heterocycles. The summed E-state index contributed by atoms with van der Waals surface area (Å²) in [5.74, 6) is 0.228. The molecule has 6 heteroatoms. The molecule has 100 valence electrons. The number of benzene rings is 1. The number of ether oxygens (including phenoxy) is 2. The van der Waals surface area contributed by atoms with E-state index in [4.69, 9.17) is 14.7 Å². The van der Waals surface area contributed by atoms with Gasteiger partial charge in [-0.15, -0.1) is 0 Å². The predicted octanol–water partition coefficient (Wildman–Crippen LogP) is 0.494. The molecule has 1 aromatic carbocycles. The van der Waals surface area contributed by atoms with E-state index in [1.165, 1.54) is 7.11 Å². The van der Waals surface area contributed by atoms with Crippen molar-refractivity contribution in [3.05, 3.63) is 23.8 Å². The molecule has 0 aliphatic carbocycles. The summed E-state index contributed by atoms with van der Waals surface area (Å²) >= 11 is 0. The van der Waals surface area contributed by atoms with Gasteiger partial charge < -0.3 is 20.1 Å².